The van der Waals surface area contributed by atoms with Crippen molar-refractivity contribution < 1.29 is 4.79 Å². The van der Waals surface area contributed by atoms with Gasteiger partial charge in [0.1, 0.15) is 0 Å². The second-order valence-corrected chi connectivity index (χ2v) is 7.95. The van der Waals surface area contributed by atoms with Crippen molar-refractivity contribution in [2.75, 3.05) is 26.2 Å². The number of carbonyl (C=O) groups excluding carboxylic acids is 1. The van der Waals surface area contributed by atoms with E-state index in [-0.39, 0.29) is 11.5 Å². The molecule has 1 aliphatic carbocycles. The topological polar surface area (TPSA) is 57.9 Å². The molecule has 0 unspecified atom stereocenters. The van der Waals surface area contributed by atoms with Crippen molar-refractivity contribution in [3.8, 4) is 0 Å². The molecule has 25 heavy (non-hydrogen) atoms. The summed E-state index contributed by atoms with van der Waals surface area (Å²) in [6, 6.07) is 1.62. The summed E-state index contributed by atoms with van der Waals surface area (Å²) in [6.07, 6.45) is 7.56. The summed E-state index contributed by atoms with van der Waals surface area (Å²) in [5, 5.41) is 1.88. The molecule has 0 aromatic carbocycles. The van der Waals surface area contributed by atoms with Crippen LogP contribution in [-0.2, 0) is 11.3 Å². The second-order valence-electron chi connectivity index (χ2n) is 7.08. The first-order valence-corrected chi connectivity index (χ1v) is 10.1. The fourth-order valence-electron chi connectivity index (χ4n) is 3.93. The molecule has 0 radical (unpaired) electrons. The maximum absolute atomic E-state index is 12.6. The lowest BCUT2D eigenvalue weighted by atomic mass is 9.88. The fourth-order valence-corrected chi connectivity index (χ4v) is 4.67. The lowest BCUT2D eigenvalue weighted by Gasteiger charge is -2.37. The summed E-state index contributed by atoms with van der Waals surface area (Å²) < 4.78 is 1.58. The summed E-state index contributed by atoms with van der Waals surface area (Å²) in [5.74, 6) is 0.610. The van der Waals surface area contributed by atoms with E-state index < -0.39 is 0 Å². The molecule has 1 aliphatic heterocycles. The van der Waals surface area contributed by atoms with Gasteiger partial charge >= 0.3 is 0 Å². The number of piperazine rings is 1. The molecule has 2 fully saturated rings. The Hall–Kier alpha value is -1.73. The highest BCUT2D eigenvalue weighted by atomic mass is 32.1. The number of hydrogen-bond donors (Lipinski definition) is 0. The van der Waals surface area contributed by atoms with E-state index in [9.17, 15) is 9.59 Å². The Morgan fingerprint density at radius 2 is 1.92 bits per heavy atom. The van der Waals surface area contributed by atoms with E-state index in [1.54, 1.807) is 16.7 Å². The monoisotopic (exact) mass is 360 g/mol. The third-order valence-electron chi connectivity index (χ3n) is 5.38. The first-order chi connectivity index (χ1) is 12.2. The van der Waals surface area contributed by atoms with Crippen LogP contribution in [0.5, 0.6) is 0 Å². The lowest BCUT2D eigenvalue weighted by molar-refractivity contribution is -0.138. The Labute approximate surface area is 151 Å². The molecular formula is C18H24N4O2S. The van der Waals surface area contributed by atoms with Gasteiger partial charge in [-0.3, -0.25) is 18.9 Å². The van der Waals surface area contributed by atoms with Crippen molar-refractivity contribution in [2.45, 2.75) is 38.6 Å². The zero-order chi connectivity index (χ0) is 17.2. The third-order valence-corrected chi connectivity index (χ3v) is 6.14. The molecule has 1 saturated carbocycles. The van der Waals surface area contributed by atoms with E-state index in [0.717, 1.165) is 49.7 Å². The van der Waals surface area contributed by atoms with Crippen LogP contribution in [0.25, 0.3) is 4.96 Å². The fraction of sp³-hybridized carbons (Fsp3) is 0.611. The maximum atomic E-state index is 12.6. The van der Waals surface area contributed by atoms with Gasteiger partial charge in [-0.15, -0.1) is 11.3 Å². The van der Waals surface area contributed by atoms with Gasteiger partial charge in [-0.05, 0) is 12.8 Å². The zero-order valence-corrected chi connectivity index (χ0v) is 15.2. The Bertz CT molecular complexity index is 801. The van der Waals surface area contributed by atoms with Crippen LogP contribution in [-0.4, -0.2) is 51.3 Å². The molecule has 0 spiro atoms. The van der Waals surface area contributed by atoms with Crippen molar-refractivity contribution in [2.24, 2.45) is 5.92 Å². The second kappa shape index (κ2) is 7.25. The molecule has 0 N–H and O–H groups in total. The summed E-state index contributed by atoms with van der Waals surface area (Å²) in [6.45, 7) is 3.95. The minimum Gasteiger partial charge on any atom is -0.340 e. The van der Waals surface area contributed by atoms with Crippen molar-refractivity contribution in [3.63, 3.8) is 0 Å². The first kappa shape index (κ1) is 16.7. The molecule has 6 nitrogen and oxygen atoms in total. The standard InChI is InChI=1S/C18H24N4O2S/c23-16-12-15(19-18-22(16)10-11-25-18)13-20-6-8-21(9-7-20)17(24)14-4-2-1-3-5-14/h10-12,14H,1-9,13H2. The Morgan fingerprint density at radius 3 is 2.68 bits per heavy atom. The molecule has 2 aliphatic rings. The normalized spacial score (nSPS) is 20.2. The molecule has 3 heterocycles. The highest BCUT2D eigenvalue weighted by Crippen LogP contribution is 2.26. The molecule has 2 aromatic heterocycles. The molecule has 0 bridgehead atoms. The summed E-state index contributed by atoms with van der Waals surface area (Å²) >= 11 is 1.48. The van der Waals surface area contributed by atoms with Crippen LogP contribution >= 0.6 is 11.3 Å². The SMILES string of the molecule is O=C(C1CCCCC1)N1CCN(Cc2cc(=O)n3ccsc3n2)CC1. The lowest BCUT2D eigenvalue weighted by Crippen LogP contribution is -2.50. The highest BCUT2D eigenvalue weighted by molar-refractivity contribution is 7.15. The molecule has 4 rings (SSSR count). The predicted octanol–water partition coefficient (Wildman–Crippen LogP) is 1.98. The predicted molar refractivity (Wildman–Crippen MR) is 97.8 cm³/mol. The van der Waals surface area contributed by atoms with Gasteiger partial charge in [0.2, 0.25) is 5.91 Å². The summed E-state index contributed by atoms with van der Waals surface area (Å²) in [5.41, 5.74) is 0.798. The molecule has 2 aromatic rings. The van der Waals surface area contributed by atoms with Crippen molar-refractivity contribution in [1.82, 2.24) is 19.2 Å². The Kier molecular flexibility index (Phi) is 4.85. The molecule has 1 amide bonds. The minimum atomic E-state index is -0.0210. The quantitative estimate of drug-likeness (QED) is 0.840. The summed E-state index contributed by atoms with van der Waals surface area (Å²) in [7, 11) is 0. The number of aromatic nitrogens is 2. The van der Waals surface area contributed by atoms with E-state index in [0.29, 0.717) is 12.5 Å². The van der Waals surface area contributed by atoms with Crippen LogP contribution in [0.4, 0.5) is 0 Å². The van der Waals surface area contributed by atoms with Gasteiger partial charge in [-0.25, -0.2) is 4.98 Å². The van der Waals surface area contributed by atoms with Crippen molar-refractivity contribution in [3.05, 3.63) is 33.7 Å². The van der Waals surface area contributed by atoms with E-state index >= 15 is 0 Å². The zero-order valence-electron chi connectivity index (χ0n) is 14.4. The highest BCUT2D eigenvalue weighted by Gasteiger charge is 2.28. The minimum absolute atomic E-state index is 0.0210. The average Bonchev–Trinajstić information content (AvgIpc) is 3.12. The van der Waals surface area contributed by atoms with Crippen LogP contribution in [0, 0.1) is 5.92 Å². The Morgan fingerprint density at radius 1 is 1.16 bits per heavy atom. The molecular weight excluding hydrogens is 336 g/mol. The van der Waals surface area contributed by atoms with Crippen LogP contribution in [0.15, 0.2) is 22.4 Å². The summed E-state index contributed by atoms with van der Waals surface area (Å²) in [4.78, 5) is 34.4. The number of hydrogen-bond acceptors (Lipinski definition) is 5. The Balaban J connectivity index is 1.35. The average molecular weight is 360 g/mol. The molecule has 0 atom stereocenters. The van der Waals surface area contributed by atoms with Gasteiger partial charge in [-0.1, -0.05) is 19.3 Å². The third kappa shape index (κ3) is 3.62. The number of fused-ring (bicyclic) bond motifs is 1. The van der Waals surface area contributed by atoms with E-state index in [2.05, 4.69) is 9.88 Å². The van der Waals surface area contributed by atoms with E-state index in [4.69, 9.17) is 0 Å². The van der Waals surface area contributed by atoms with Gasteiger partial charge in [0.05, 0.1) is 5.69 Å². The van der Waals surface area contributed by atoms with E-state index in [1.807, 2.05) is 10.3 Å². The van der Waals surface area contributed by atoms with E-state index in [1.165, 1.54) is 30.6 Å². The number of amides is 1. The van der Waals surface area contributed by atoms with Gasteiger partial charge in [-0.2, -0.15) is 0 Å². The maximum Gasteiger partial charge on any atom is 0.258 e. The van der Waals surface area contributed by atoms with Crippen molar-refractivity contribution >= 4 is 22.2 Å². The number of carbonyl (C=O) groups is 1. The molecule has 1 saturated heterocycles. The smallest absolute Gasteiger partial charge is 0.258 e. The van der Waals surface area contributed by atoms with Gasteiger partial charge < -0.3 is 4.90 Å². The number of nitrogens with zero attached hydrogens (tertiary/aromatic N) is 4. The van der Waals surface area contributed by atoms with Crippen LogP contribution in [0.2, 0.25) is 0 Å². The number of rotatable bonds is 3. The van der Waals surface area contributed by atoms with Gasteiger partial charge in [0.25, 0.3) is 5.56 Å². The largest absolute Gasteiger partial charge is 0.340 e. The van der Waals surface area contributed by atoms with Crippen molar-refractivity contribution in [1.29, 1.82) is 0 Å². The molecule has 7 heteroatoms. The van der Waals surface area contributed by atoms with Gasteiger partial charge in [0.15, 0.2) is 4.96 Å². The van der Waals surface area contributed by atoms with Crippen LogP contribution in [0.3, 0.4) is 0 Å². The molecule has 134 valence electrons. The van der Waals surface area contributed by atoms with Crippen LogP contribution < -0.4 is 5.56 Å². The first-order valence-electron chi connectivity index (χ1n) is 9.17. The van der Waals surface area contributed by atoms with Crippen LogP contribution in [0.1, 0.15) is 37.8 Å². The number of thiazole rings is 1. The van der Waals surface area contributed by atoms with Gasteiger partial charge in [0, 0.05) is 56.3 Å².